The number of ether oxygens (including phenoxy) is 1. The van der Waals surface area contributed by atoms with Gasteiger partial charge in [0.15, 0.2) is 11.6 Å². The molecule has 1 rings (SSSR count). The van der Waals surface area contributed by atoms with Crippen LogP contribution in [-0.4, -0.2) is 25.6 Å². The minimum absolute atomic E-state index is 0.258. The average Bonchev–Trinajstić information content (AvgIpc) is 2.16. The molecule has 0 saturated carbocycles. The lowest BCUT2D eigenvalue weighted by molar-refractivity contribution is 0.357. The standard InChI is InChI=1S/C12H15ClFNO/c1-9(13)7-15(2)8-10-4-5-12(16-3)11(14)6-10/h4-6H,1,7-8H2,2-3H3. The van der Waals surface area contributed by atoms with Crippen molar-refractivity contribution < 1.29 is 9.13 Å². The van der Waals surface area contributed by atoms with Gasteiger partial charge in [-0.2, -0.15) is 0 Å². The molecule has 0 atom stereocenters. The van der Waals surface area contributed by atoms with Crippen LogP contribution >= 0.6 is 11.6 Å². The normalized spacial score (nSPS) is 10.6. The molecule has 0 bridgehead atoms. The molecule has 0 unspecified atom stereocenters. The Morgan fingerprint density at radius 1 is 1.56 bits per heavy atom. The second kappa shape index (κ2) is 5.87. The molecule has 0 fully saturated rings. The first kappa shape index (κ1) is 13.0. The Kier molecular flexibility index (Phi) is 4.77. The Labute approximate surface area is 100 Å². The van der Waals surface area contributed by atoms with Gasteiger partial charge in [0.05, 0.1) is 7.11 Å². The molecule has 0 heterocycles. The molecule has 0 spiro atoms. The van der Waals surface area contributed by atoms with Gasteiger partial charge in [0.2, 0.25) is 0 Å². The highest BCUT2D eigenvalue weighted by atomic mass is 35.5. The fraction of sp³-hybridized carbons (Fsp3) is 0.333. The number of halogens is 2. The number of rotatable bonds is 5. The third-order valence-electron chi connectivity index (χ3n) is 2.11. The van der Waals surface area contributed by atoms with Crippen LogP contribution in [0.1, 0.15) is 5.56 Å². The average molecular weight is 244 g/mol. The van der Waals surface area contributed by atoms with Gasteiger partial charge < -0.3 is 4.74 Å². The van der Waals surface area contributed by atoms with E-state index in [1.165, 1.54) is 13.2 Å². The summed E-state index contributed by atoms with van der Waals surface area (Å²) >= 11 is 5.69. The van der Waals surface area contributed by atoms with Gasteiger partial charge in [-0.3, -0.25) is 4.90 Å². The molecule has 88 valence electrons. The molecule has 0 N–H and O–H groups in total. The van der Waals surface area contributed by atoms with E-state index in [1.54, 1.807) is 6.07 Å². The van der Waals surface area contributed by atoms with Crippen molar-refractivity contribution in [1.82, 2.24) is 4.90 Å². The van der Waals surface area contributed by atoms with Gasteiger partial charge in [-0.15, -0.1) is 0 Å². The van der Waals surface area contributed by atoms with Gasteiger partial charge in [0, 0.05) is 18.1 Å². The lowest BCUT2D eigenvalue weighted by atomic mass is 10.2. The fourth-order valence-electron chi connectivity index (χ4n) is 1.47. The predicted molar refractivity (Wildman–Crippen MR) is 64.3 cm³/mol. The minimum Gasteiger partial charge on any atom is -0.494 e. The Bertz CT molecular complexity index is 381. The molecule has 0 amide bonds. The monoisotopic (exact) mass is 243 g/mol. The van der Waals surface area contributed by atoms with Gasteiger partial charge in [-0.1, -0.05) is 24.2 Å². The maximum absolute atomic E-state index is 13.4. The molecule has 16 heavy (non-hydrogen) atoms. The van der Waals surface area contributed by atoms with Crippen molar-refractivity contribution in [1.29, 1.82) is 0 Å². The van der Waals surface area contributed by atoms with E-state index in [0.29, 0.717) is 18.1 Å². The van der Waals surface area contributed by atoms with Crippen molar-refractivity contribution >= 4 is 11.6 Å². The van der Waals surface area contributed by atoms with Crippen molar-refractivity contribution in [2.45, 2.75) is 6.54 Å². The van der Waals surface area contributed by atoms with Crippen LogP contribution in [0.4, 0.5) is 4.39 Å². The molecular formula is C12H15ClFNO. The number of hydrogen-bond donors (Lipinski definition) is 0. The number of benzene rings is 1. The van der Waals surface area contributed by atoms with Crippen LogP contribution in [-0.2, 0) is 6.54 Å². The second-order valence-electron chi connectivity index (χ2n) is 3.66. The molecule has 4 heteroatoms. The molecule has 0 saturated heterocycles. The zero-order valence-electron chi connectivity index (χ0n) is 9.46. The van der Waals surface area contributed by atoms with Crippen LogP contribution in [0.3, 0.4) is 0 Å². The third-order valence-corrected chi connectivity index (χ3v) is 2.23. The van der Waals surface area contributed by atoms with E-state index in [2.05, 4.69) is 6.58 Å². The molecule has 0 radical (unpaired) electrons. The van der Waals surface area contributed by atoms with Crippen molar-refractivity contribution in [3.63, 3.8) is 0 Å². The van der Waals surface area contributed by atoms with Crippen LogP contribution in [0.5, 0.6) is 5.75 Å². The molecule has 1 aromatic carbocycles. The van der Waals surface area contributed by atoms with Crippen LogP contribution in [0.15, 0.2) is 29.8 Å². The highest BCUT2D eigenvalue weighted by Crippen LogP contribution is 2.18. The largest absolute Gasteiger partial charge is 0.494 e. The molecule has 1 aromatic rings. The Balaban J connectivity index is 2.67. The SMILES string of the molecule is C=C(Cl)CN(C)Cc1ccc(OC)c(F)c1. The van der Waals surface area contributed by atoms with Gasteiger partial charge in [-0.25, -0.2) is 4.39 Å². The van der Waals surface area contributed by atoms with Crippen molar-refractivity contribution in [2.75, 3.05) is 20.7 Å². The predicted octanol–water partition coefficient (Wildman–Crippen LogP) is 3.02. The summed E-state index contributed by atoms with van der Waals surface area (Å²) in [7, 11) is 3.34. The number of methoxy groups -OCH3 is 1. The van der Waals surface area contributed by atoms with Crippen LogP contribution in [0.2, 0.25) is 0 Å². The maximum Gasteiger partial charge on any atom is 0.165 e. The Morgan fingerprint density at radius 2 is 2.25 bits per heavy atom. The van der Waals surface area contributed by atoms with E-state index in [0.717, 1.165) is 5.56 Å². The first-order valence-corrected chi connectivity index (χ1v) is 5.25. The summed E-state index contributed by atoms with van der Waals surface area (Å²) in [5.41, 5.74) is 0.874. The summed E-state index contributed by atoms with van der Waals surface area (Å²) in [6, 6.07) is 4.91. The first-order valence-electron chi connectivity index (χ1n) is 4.87. The van der Waals surface area contributed by atoms with Gasteiger partial charge in [0.1, 0.15) is 0 Å². The molecular weight excluding hydrogens is 229 g/mol. The van der Waals surface area contributed by atoms with Crippen molar-refractivity contribution in [3.8, 4) is 5.75 Å². The highest BCUT2D eigenvalue weighted by molar-refractivity contribution is 6.29. The lowest BCUT2D eigenvalue weighted by Gasteiger charge is -2.16. The van der Waals surface area contributed by atoms with Crippen molar-refractivity contribution in [2.24, 2.45) is 0 Å². The van der Waals surface area contributed by atoms with E-state index in [4.69, 9.17) is 16.3 Å². The fourth-order valence-corrected chi connectivity index (χ4v) is 1.67. The van der Waals surface area contributed by atoms with Gasteiger partial charge >= 0.3 is 0 Å². The topological polar surface area (TPSA) is 12.5 Å². The highest BCUT2D eigenvalue weighted by Gasteiger charge is 2.06. The summed E-state index contributed by atoms with van der Waals surface area (Å²) in [5.74, 6) is -0.0914. The quantitative estimate of drug-likeness (QED) is 0.788. The van der Waals surface area contributed by atoms with Gasteiger partial charge in [0.25, 0.3) is 0 Å². The Morgan fingerprint density at radius 3 is 2.75 bits per heavy atom. The lowest BCUT2D eigenvalue weighted by Crippen LogP contribution is -2.19. The summed E-state index contributed by atoms with van der Waals surface area (Å²) in [6.07, 6.45) is 0. The smallest absolute Gasteiger partial charge is 0.165 e. The number of hydrogen-bond acceptors (Lipinski definition) is 2. The third kappa shape index (κ3) is 3.83. The zero-order valence-corrected chi connectivity index (χ0v) is 10.2. The Hall–Kier alpha value is -1.06. The van der Waals surface area contributed by atoms with Crippen LogP contribution in [0.25, 0.3) is 0 Å². The number of nitrogens with zero attached hydrogens (tertiary/aromatic N) is 1. The first-order chi connectivity index (χ1) is 7.52. The van der Waals surface area contributed by atoms with Crippen LogP contribution < -0.4 is 4.74 Å². The molecule has 0 aliphatic carbocycles. The molecule has 2 nitrogen and oxygen atoms in total. The molecule has 0 aromatic heterocycles. The van der Waals surface area contributed by atoms with Crippen LogP contribution in [0, 0.1) is 5.82 Å². The van der Waals surface area contributed by atoms with Crippen molar-refractivity contribution in [3.05, 3.63) is 41.2 Å². The summed E-state index contributed by atoms with van der Waals surface area (Å²) < 4.78 is 18.2. The van der Waals surface area contributed by atoms with E-state index in [1.807, 2.05) is 18.0 Å². The zero-order chi connectivity index (χ0) is 12.1. The second-order valence-corrected chi connectivity index (χ2v) is 4.19. The molecule has 0 aliphatic heterocycles. The van der Waals surface area contributed by atoms with E-state index in [9.17, 15) is 4.39 Å². The van der Waals surface area contributed by atoms with E-state index >= 15 is 0 Å². The van der Waals surface area contributed by atoms with E-state index in [-0.39, 0.29) is 11.6 Å². The summed E-state index contributed by atoms with van der Waals surface area (Å²) in [6.45, 7) is 4.81. The van der Waals surface area contributed by atoms with E-state index < -0.39 is 0 Å². The van der Waals surface area contributed by atoms with Gasteiger partial charge in [-0.05, 0) is 24.7 Å². The minimum atomic E-state index is -0.349. The maximum atomic E-state index is 13.4. The summed E-state index contributed by atoms with van der Waals surface area (Å²) in [5, 5.41) is 0.566. The summed E-state index contributed by atoms with van der Waals surface area (Å²) in [4.78, 5) is 1.95. The molecule has 0 aliphatic rings. The number of likely N-dealkylation sites (N-methyl/N-ethyl adjacent to an activating group) is 1.